The van der Waals surface area contributed by atoms with E-state index < -0.39 is 0 Å². The summed E-state index contributed by atoms with van der Waals surface area (Å²) in [5, 5.41) is 3.04. The molecule has 0 saturated carbocycles. The Morgan fingerprint density at radius 1 is 0.853 bits per heavy atom. The van der Waals surface area contributed by atoms with E-state index >= 15 is 0 Å². The van der Waals surface area contributed by atoms with Gasteiger partial charge in [-0.1, -0.05) is 30.3 Å². The Hall–Kier alpha value is -4.13. The first-order chi connectivity index (χ1) is 16.7. The smallest absolute Gasteiger partial charge is 0.257 e. The Morgan fingerprint density at radius 2 is 1.47 bits per heavy atom. The van der Waals surface area contributed by atoms with Crippen molar-refractivity contribution in [3.8, 4) is 17.4 Å². The molecule has 0 radical (unpaired) electrons. The van der Waals surface area contributed by atoms with Crippen molar-refractivity contribution < 1.29 is 14.3 Å². The summed E-state index contributed by atoms with van der Waals surface area (Å²) in [4.78, 5) is 24.4. The predicted molar refractivity (Wildman–Crippen MR) is 133 cm³/mol. The van der Waals surface area contributed by atoms with Crippen LogP contribution in [0, 0.1) is 5.92 Å². The van der Waals surface area contributed by atoms with Crippen LogP contribution in [0.15, 0.2) is 78.9 Å². The van der Waals surface area contributed by atoms with Gasteiger partial charge in [0.1, 0.15) is 11.5 Å². The van der Waals surface area contributed by atoms with Gasteiger partial charge in [-0.2, -0.15) is 0 Å². The van der Waals surface area contributed by atoms with E-state index in [1.165, 1.54) is 0 Å². The van der Waals surface area contributed by atoms with Crippen molar-refractivity contribution in [2.45, 2.75) is 12.8 Å². The number of para-hydroxylation sites is 3. The Morgan fingerprint density at radius 3 is 2.15 bits per heavy atom. The molecule has 0 aliphatic carbocycles. The number of nitrogens with zero attached hydrogens (tertiary/aromatic N) is 3. The van der Waals surface area contributed by atoms with E-state index in [1.807, 2.05) is 78.9 Å². The van der Waals surface area contributed by atoms with Gasteiger partial charge in [0.05, 0.1) is 18.1 Å². The lowest BCUT2D eigenvalue weighted by molar-refractivity contribution is -0.120. The Labute approximate surface area is 198 Å². The topological polar surface area (TPSA) is 76.6 Å². The van der Waals surface area contributed by atoms with Crippen LogP contribution in [-0.2, 0) is 4.79 Å². The second-order valence-corrected chi connectivity index (χ2v) is 8.24. The summed E-state index contributed by atoms with van der Waals surface area (Å²) in [6.07, 6.45) is 1.47. The molecule has 0 atom stereocenters. The molecule has 1 aliphatic heterocycles. The number of amides is 1. The molecular formula is C27H26N4O3. The molecule has 1 amide bonds. The van der Waals surface area contributed by atoms with Gasteiger partial charge in [0.2, 0.25) is 5.91 Å². The number of carbonyl (C=O) groups excluding carboxylic acids is 1. The van der Waals surface area contributed by atoms with Crippen LogP contribution in [0.2, 0.25) is 0 Å². The largest absolute Gasteiger partial charge is 0.478 e. The van der Waals surface area contributed by atoms with Crippen molar-refractivity contribution in [2.24, 2.45) is 5.92 Å². The molecule has 7 heteroatoms. The minimum atomic E-state index is -0.0593. The fourth-order valence-corrected chi connectivity index (χ4v) is 4.15. The van der Waals surface area contributed by atoms with Crippen molar-refractivity contribution in [1.82, 2.24) is 9.97 Å². The maximum absolute atomic E-state index is 12.9. The third-order valence-electron chi connectivity index (χ3n) is 5.98. The summed E-state index contributed by atoms with van der Waals surface area (Å²) in [5.41, 5.74) is 2.39. The molecule has 172 valence electrons. The number of carbonyl (C=O) groups is 1. The number of hydrogen-bond acceptors (Lipinski definition) is 6. The van der Waals surface area contributed by atoms with Crippen LogP contribution in [0.5, 0.6) is 17.4 Å². The molecule has 0 unspecified atom stereocenters. The molecule has 1 aromatic heterocycles. The summed E-state index contributed by atoms with van der Waals surface area (Å²) in [6.45, 7) is 1.43. The number of hydrogen-bond donors (Lipinski definition) is 1. The van der Waals surface area contributed by atoms with Gasteiger partial charge in [-0.3, -0.25) is 4.79 Å². The number of piperidine rings is 1. The molecule has 5 rings (SSSR count). The van der Waals surface area contributed by atoms with Gasteiger partial charge < -0.3 is 19.7 Å². The number of fused-ring (bicyclic) bond motifs is 1. The van der Waals surface area contributed by atoms with E-state index in [4.69, 9.17) is 14.5 Å². The van der Waals surface area contributed by atoms with Gasteiger partial charge in [0, 0.05) is 24.7 Å². The monoisotopic (exact) mass is 454 g/mol. The zero-order valence-electron chi connectivity index (χ0n) is 19.0. The van der Waals surface area contributed by atoms with E-state index in [1.54, 1.807) is 7.11 Å². The Bertz CT molecular complexity index is 1270. The first-order valence-corrected chi connectivity index (χ1v) is 11.4. The third kappa shape index (κ3) is 4.78. The van der Waals surface area contributed by atoms with Crippen LogP contribution < -0.4 is 19.7 Å². The molecular weight excluding hydrogens is 428 g/mol. The molecule has 3 aromatic carbocycles. The van der Waals surface area contributed by atoms with Gasteiger partial charge in [-0.25, -0.2) is 9.97 Å². The molecule has 1 fully saturated rings. The van der Waals surface area contributed by atoms with Gasteiger partial charge in [-0.15, -0.1) is 0 Å². The van der Waals surface area contributed by atoms with Crippen LogP contribution in [0.25, 0.3) is 11.0 Å². The lowest BCUT2D eigenvalue weighted by Crippen LogP contribution is -2.38. The average Bonchev–Trinajstić information content (AvgIpc) is 2.89. The molecule has 2 heterocycles. The standard InChI is InChI=1S/C27H26N4O3/c1-33-27-25(29-23-9-5-6-10-24(23)30-27)31-17-15-19(16-18-31)26(32)28-20-11-13-22(14-12-20)34-21-7-3-2-4-8-21/h2-14,19H,15-18H2,1H3,(H,28,32). The number of rotatable bonds is 6. The molecule has 34 heavy (non-hydrogen) atoms. The van der Waals surface area contributed by atoms with Crippen LogP contribution in [0.3, 0.4) is 0 Å². The van der Waals surface area contributed by atoms with Crippen LogP contribution >= 0.6 is 0 Å². The van der Waals surface area contributed by atoms with Crippen LogP contribution in [0.4, 0.5) is 11.5 Å². The number of anilines is 2. The molecule has 1 aliphatic rings. The fourth-order valence-electron chi connectivity index (χ4n) is 4.15. The van der Waals surface area contributed by atoms with Crippen molar-refractivity contribution >= 4 is 28.4 Å². The van der Waals surface area contributed by atoms with Crippen molar-refractivity contribution in [3.05, 3.63) is 78.9 Å². The maximum Gasteiger partial charge on any atom is 0.257 e. The number of aromatic nitrogens is 2. The van der Waals surface area contributed by atoms with Crippen LogP contribution in [0.1, 0.15) is 12.8 Å². The second kappa shape index (κ2) is 9.79. The highest BCUT2D eigenvalue weighted by molar-refractivity contribution is 5.92. The van der Waals surface area contributed by atoms with E-state index in [0.717, 1.165) is 46.9 Å². The second-order valence-electron chi connectivity index (χ2n) is 8.24. The zero-order chi connectivity index (χ0) is 23.3. The molecule has 0 bridgehead atoms. The predicted octanol–water partition coefficient (Wildman–Crippen LogP) is 5.29. The van der Waals surface area contributed by atoms with E-state index in [0.29, 0.717) is 19.0 Å². The van der Waals surface area contributed by atoms with E-state index in [2.05, 4.69) is 15.2 Å². The zero-order valence-corrected chi connectivity index (χ0v) is 19.0. The van der Waals surface area contributed by atoms with Crippen molar-refractivity contribution in [2.75, 3.05) is 30.4 Å². The minimum absolute atomic E-state index is 0.0351. The number of benzene rings is 3. The summed E-state index contributed by atoms with van der Waals surface area (Å²) in [5.74, 6) is 2.72. The summed E-state index contributed by atoms with van der Waals surface area (Å²) in [6, 6.07) is 24.8. The highest BCUT2D eigenvalue weighted by Crippen LogP contribution is 2.31. The maximum atomic E-state index is 12.9. The third-order valence-corrected chi connectivity index (χ3v) is 5.98. The average molecular weight is 455 g/mol. The van der Waals surface area contributed by atoms with Gasteiger partial charge in [0.25, 0.3) is 5.88 Å². The number of nitrogens with one attached hydrogen (secondary N) is 1. The van der Waals surface area contributed by atoms with Crippen molar-refractivity contribution in [1.29, 1.82) is 0 Å². The highest BCUT2D eigenvalue weighted by Gasteiger charge is 2.27. The molecule has 1 saturated heterocycles. The molecule has 0 spiro atoms. The lowest BCUT2D eigenvalue weighted by atomic mass is 9.96. The quantitative estimate of drug-likeness (QED) is 0.427. The summed E-state index contributed by atoms with van der Waals surface area (Å²) in [7, 11) is 1.61. The molecule has 4 aromatic rings. The number of ether oxygens (including phenoxy) is 2. The summed E-state index contributed by atoms with van der Waals surface area (Å²) >= 11 is 0. The normalized spacial score (nSPS) is 14.1. The van der Waals surface area contributed by atoms with Gasteiger partial charge >= 0.3 is 0 Å². The molecule has 7 nitrogen and oxygen atoms in total. The van der Waals surface area contributed by atoms with Gasteiger partial charge in [0.15, 0.2) is 5.82 Å². The van der Waals surface area contributed by atoms with Crippen molar-refractivity contribution in [3.63, 3.8) is 0 Å². The first-order valence-electron chi connectivity index (χ1n) is 11.4. The van der Waals surface area contributed by atoms with E-state index in [9.17, 15) is 4.79 Å². The SMILES string of the molecule is COc1nc2ccccc2nc1N1CCC(C(=O)Nc2ccc(Oc3ccccc3)cc2)CC1. The molecule has 1 N–H and O–H groups in total. The van der Waals surface area contributed by atoms with E-state index in [-0.39, 0.29) is 11.8 Å². The lowest BCUT2D eigenvalue weighted by Gasteiger charge is -2.32. The van der Waals surface area contributed by atoms with Crippen LogP contribution in [-0.4, -0.2) is 36.1 Å². The fraction of sp³-hybridized carbons (Fsp3) is 0.222. The first kappa shape index (κ1) is 21.7. The van der Waals surface area contributed by atoms with Gasteiger partial charge in [-0.05, 0) is 61.4 Å². The summed E-state index contributed by atoms with van der Waals surface area (Å²) < 4.78 is 11.3. The highest BCUT2D eigenvalue weighted by atomic mass is 16.5. The minimum Gasteiger partial charge on any atom is -0.478 e. The Kier molecular flexibility index (Phi) is 6.25. The Balaban J connectivity index is 1.19. The number of methoxy groups -OCH3 is 1.